The van der Waals surface area contributed by atoms with Gasteiger partial charge in [0.2, 0.25) is 5.13 Å². The smallest absolute Gasteiger partial charge is 0.260 e. The molecule has 25 heavy (non-hydrogen) atoms. The number of nitrogens with zero attached hydrogens (tertiary/aromatic N) is 3. The average molecular weight is 351 g/mol. The lowest BCUT2D eigenvalue weighted by Crippen LogP contribution is -2.37. The lowest BCUT2D eigenvalue weighted by molar-refractivity contribution is 0.0980. The van der Waals surface area contributed by atoms with Gasteiger partial charge in [-0.3, -0.25) is 9.69 Å². The lowest BCUT2D eigenvalue weighted by atomic mass is 10.1. The molecule has 1 amide bonds. The SMILES string of the molecule is Cc1cccc(C(=O)N(c2nnc(-c3ccccc3C)s2)C(C)C)c1. The molecule has 3 rings (SSSR count). The topological polar surface area (TPSA) is 46.1 Å². The van der Waals surface area contributed by atoms with Crippen molar-refractivity contribution in [3.8, 4) is 10.6 Å². The summed E-state index contributed by atoms with van der Waals surface area (Å²) in [5.74, 6) is -0.0498. The minimum Gasteiger partial charge on any atom is -0.280 e. The molecule has 0 saturated heterocycles. The van der Waals surface area contributed by atoms with Crippen LogP contribution >= 0.6 is 11.3 Å². The molecular weight excluding hydrogens is 330 g/mol. The van der Waals surface area contributed by atoms with Crippen molar-refractivity contribution in [3.63, 3.8) is 0 Å². The van der Waals surface area contributed by atoms with Crippen LogP contribution in [0.4, 0.5) is 5.13 Å². The number of carbonyl (C=O) groups is 1. The van der Waals surface area contributed by atoms with Gasteiger partial charge in [-0.1, -0.05) is 53.3 Å². The third-order valence-corrected chi connectivity index (χ3v) is 4.95. The van der Waals surface area contributed by atoms with E-state index in [0.717, 1.165) is 21.7 Å². The summed E-state index contributed by atoms with van der Waals surface area (Å²) < 4.78 is 0. The first-order chi connectivity index (χ1) is 12.0. The molecule has 0 unspecified atom stereocenters. The number of aromatic nitrogens is 2. The van der Waals surface area contributed by atoms with Gasteiger partial charge in [0.1, 0.15) is 5.01 Å². The van der Waals surface area contributed by atoms with Crippen molar-refractivity contribution < 1.29 is 4.79 Å². The molecule has 3 aromatic rings. The largest absolute Gasteiger partial charge is 0.280 e. The third kappa shape index (κ3) is 3.61. The minimum absolute atomic E-state index is 0.00863. The van der Waals surface area contributed by atoms with Gasteiger partial charge in [-0.2, -0.15) is 0 Å². The summed E-state index contributed by atoms with van der Waals surface area (Å²) >= 11 is 1.45. The van der Waals surface area contributed by atoms with E-state index >= 15 is 0 Å². The Morgan fingerprint density at radius 3 is 2.48 bits per heavy atom. The predicted octanol–water partition coefficient (Wildman–Crippen LogP) is 4.88. The number of aryl methyl sites for hydroxylation is 2. The second-order valence-corrected chi connectivity index (χ2v) is 7.30. The van der Waals surface area contributed by atoms with Gasteiger partial charge < -0.3 is 0 Å². The summed E-state index contributed by atoms with van der Waals surface area (Å²) in [5.41, 5.74) is 3.93. The van der Waals surface area contributed by atoms with E-state index in [-0.39, 0.29) is 11.9 Å². The Balaban J connectivity index is 1.97. The fourth-order valence-electron chi connectivity index (χ4n) is 2.69. The summed E-state index contributed by atoms with van der Waals surface area (Å²) in [7, 11) is 0. The second kappa shape index (κ2) is 7.15. The predicted molar refractivity (Wildman–Crippen MR) is 103 cm³/mol. The Bertz CT molecular complexity index is 901. The molecule has 1 heterocycles. The minimum atomic E-state index is -0.0498. The van der Waals surface area contributed by atoms with Crippen molar-refractivity contribution in [2.75, 3.05) is 4.90 Å². The zero-order valence-electron chi connectivity index (χ0n) is 14.9. The molecule has 128 valence electrons. The van der Waals surface area contributed by atoms with Gasteiger partial charge in [0, 0.05) is 17.2 Å². The van der Waals surface area contributed by atoms with Crippen LogP contribution in [0.2, 0.25) is 0 Å². The molecule has 0 spiro atoms. The molecule has 2 aromatic carbocycles. The van der Waals surface area contributed by atoms with E-state index in [4.69, 9.17) is 0 Å². The standard InChI is InChI=1S/C20H21N3OS/c1-13(2)23(19(24)16-10-7-8-14(3)12-16)20-22-21-18(25-20)17-11-6-5-9-15(17)4/h5-13H,1-4H3. The Hall–Kier alpha value is -2.53. The second-order valence-electron chi connectivity index (χ2n) is 6.34. The van der Waals surface area contributed by atoms with Crippen LogP contribution in [0.5, 0.6) is 0 Å². The maximum Gasteiger partial charge on any atom is 0.260 e. The van der Waals surface area contributed by atoms with Crippen LogP contribution in [-0.2, 0) is 0 Å². The van der Waals surface area contributed by atoms with E-state index in [2.05, 4.69) is 23.2 Å². The highest BCUT2D eigenvalue weighted by atomic mass is 32.1. The number of amides is 1. The first-order valence-electron chi connectivity index (χ1n) is 8.27. The third-order valence-electron chi connectivity index (χ3n) is 4.00. The molecule has 0 bridgehead atoms. The van der Waals surface area contributed by atoms with Crippen LogP contribution in [0.25, 0.3) is 10.6 Å². The van der Waals surface area contributed by atoms with Crippen LogP contribution < -0.4 is 4.90 Å². The first-order valence-corrected chi connectivity index (χ1v) is 9.08. The van der Waals surface area contributed by atoms with Gasteiger partial charge in [-0.25, -0.2) is 0 Å². The normalized spacial score (nSPS) is 10.9. The summed E-state index contributed by atoms with van der Waals surface area (Å²) in [6.45, 7) is 8.01. The molecule has 0 aliphatic rings. The van der Waals surface area contributed by atoms with Gasteiger partial charge in [0.15, 0.2) is 0 Å². The van der Waals surface area contributed by atoms with Gasteiger partial charge in [0.05, 0.1) is 0 Å². The van der Waals surface area contributed by atoms with E-state index in [1.54, 1.807) is 4.90 Å². The van der Waals surface area contributed by atoms with E-state index in [9.17, 15) is 4.79 Å². The van der Waals surface area contributed by atoms with Gasteiger partial charge in [-0.05, 0) is 45.4 Å². The number of hydrogen-bond donors (Lipinski definition) is 0. The zero-order valence-corrected chi connectivity index (χ0v) is 15.7. The average Bonchev–Trinajstić information content (AvgIpc) is 3.04. The monoisotopic (exact) mass is 351 g/mol. The van der Waals surface area contributed by atoms with Crippen LogP contribution in [-0.4, -0.2) is 22.1 Å². The maximum atomic E-state index is 13.0. The molecule has 0 aliphatic heterocycles. The van der Waals surface area contributed by atoms with Crippen molar-refractivity contribution in [1.29, 1.82) is 0 Å². The fourth-order valence-corrected chi connectivity index (χ4v) is 3.76. The summed E-state index contributed by atoms with van der Waals surface area (Å²) in [6.07, 6.45) is 0. The molecule has 0 fully saturated rings. The lowest BCUT2D eigenvalue weighted by Gasteiger charge is -2.23. The van der Waals surface area contributed by atoms with E-state index in [1.807, 2.05) is 63.2 Å². The first kappa shape index (κ1) is 17.3. The Kier molecular flexibility index (Phi) is 4.95. The highest BCUT2D eigenvalue weighted by molar-refractivity contribution is 7.18. The summed E-state index contributed by atoms with van der Waals surface area (Å²) in [6, 6.07) is 15.7. The number of hydrogen-bond acceptors (Lipinski definition) is 4. The molecule has 5 heteroatoms. The van der Waals surface area contributed by atoms with Gasteiger partial charge in [0.25, 0.3) is 5.91 Å². The number of rotatable bonds is 4. The molecule has 0 aliphatic carbocycles. The van der Waals surface area contributed by atoms with Crippen molar-refractivity contribution in [3.05, 3.63) is 65.2 Å². The quantitative estimate of drug-likeness (QED) is 0.673. The molecule has 4 nitrogen and oxygen atoms in total. The highest BCUT2D eigenvalue weighted by Gasteiger charge is 2.24. The highest BCUT2D eigenvalue weighted by Crippen LogP contribution is 2.32. The van der Waals surface area contributed by atoms with Crippen LogP contribution in [0.1, 0.15) is 35.3 Å². The molecule has 0 atom stereocenters. The fraction of sp³-hybridized carbons (Fsp3) is 0.250. The Labute approximate surface area is 152 Å². The molecule has 0 radical (unpaired) electrons. The van der Waals surface area contributed by atoms with Crippen LogP contribution in [0, 0.1) is 13.8 Å². The van der Waals surface area contributed by atoms with Crippen LogP contribution in [0.3, 0.4) is 0 Å². The number of anilines is 1. The number of carbonyl (C=O) groups excluding carboxylic acids is 1. The molecule has 1 aromatic heterocycles. The van der Waals surface area contributed by atoms with Crippen molar-refractivity contribution >= 4 is 22.4 Å². The Morgan fingerprint density at radius 2 is 1.80 bits per heavy atom. The van der Waals surface area contributed by atoms with E-state index in [0.29, 0.717) is 10.7 Å². The van der Waals surface area contributed by atoms with Gasteiger partial charge in [-0.15, -0.1) is 10.2 Å². The summed E-state index contributed by atoms with van der Waals surface area (Å²) in [4.78, 5) is 14.7. The van der Waals surface area contributed by atoms with Crippen molar-refractivity contribution in [1.82, 2.24) is 10.2 Å². The van der Waals surface area contributed by atoms with Crippen LogP contribution in [0.15, 0.2) is 48.5 Å². The molecule has 0 saturated carbocycles. The number of benzene rings is 2. The van der Waals surface area contributed by atoms with E-state index in [1.165, 1.54) is 11.3 Å². The van der Waals surface area contributed by atoms with Crippen molar-refractivity contribution in [2.45, 2.75) is 33.7 Å². The summed E-state index contributed by atoms with van der Waals surface area (Å²) in [5, 5.41) is 10.1. The van der Waals surface area contributed by atoms with Crippen molar-refractivity contribution in [2.24, 2.45) is 0 Å². The van der Waals surface area contributed by atoms with E-state index < -0.39 is 0 Å². The molecule has 0 N–H and O–H groups in total. The van der Waals surface area contributed by atoms with Gasteiger partial charge >= 0.3 is 0 Å². The zero-order chi connectivity index (χ0) is 18.0. The Morgan fingerprint density at radius 1 is 1.04 bits per heavy atom. The maximum absolute atomic E-state index is 13.0. The molecular formula is C20H21N3OS.